The zero-order chi connectivity index (χ0) is 19.1. The van der Waals surface area contributed by atoms with Gasteiger partial charge in [0.2, 0.25) is 0 Å². The largest absolute Gasteiger partial charge is 0.494 e. The molecule has 1 saturated heterocycles. The third-order valence-electron chi connectivity index (χ3n) is 5.72. The molecule has 1 aliphatic rings. The van der Waals surface area contributed by atoms with E-state index >= 15 is 0 Å². The molecule has 0 aromatic heterocycles. The van der Waals surface area contributed by atoms with Crippen molar-refractivity contribution in [1.29, 1.82) is 0 Å². The van der Waals surface area contributed by atoms with Gasteiger partial charge in [0.15, 0.2) is 0 Å². The molecule has 0 N–H and O–H groups in total. The molecule has 0 amide bonds. The van der Waals surface area contributed by atoms with Gasteiger partial charge in [0.1, 0.15) is 0 Å². The number of hydrogen-bond acceptors (Lipinski definition) is 2. The van der Waals surface area contributed by atoms with Crippen molar-refractivity contribution in [2.45, 2.75) is 38.9 Å². The molecule has 1 fully saturated rings. The third-order valence-corrected chi connectivity index (χ3v) is 5.72. The Morgan fingerprint density at radius 2 is 1.04 bits per heavy atom. The molecular weight excluding hydrogens is 331 g/mol. The highest BCUT2D eigenvalue weighted by atomic mass is 16.7. The van der Waals surface area contributed by atoms with Gasteiger partial charge < -0.3 is 9.31 Å². The summed E-state index contributed by atoms with van der Waals surface area (Å²) in [7, 11) is -0.341. The minimum atomic E-state index is -0.341. The Morgan fingerprint density at radius 1 is 0.556 bits per heavy atom. The molecule has 3 aromatic carbocycles. The van der Waals surface area contributed by atoms with Gasteiger partial charge in [0.05, 0.1) is 11.2 Å². The molecule has 3 aromatic rings. The van der Waals surface area contributed by atoms with E-state index in [4.69, 9.17) is 9.31 Å². The summed E-state index contributed by atoms with van der Waals surface area (Å²) in [6.45, 7) is 8.33. The zero-order valence-electron chi connectivity index (χ0n) is 16.4. The first kappa shape index (κ1) is 18.0. The van der Waals surface area contributed by atoms with Gasteiger partial charge in [-0.15, -0.1) is 0 Å². The summed E-state index contributed by atoms with van der Waals surface area (Å²) in [6.07, 6.45) is 0. The Bertz CT molecular complexity index is 931. The van der Waals surface area contributed by atoms with E-state index in [0.717, 1.165) is 5.46 Å². The van der Waals surface area contributed by atoms with E-state index in [1.807, 2.05) is 6.07 Å². The fourth-order valence-corrected chi connectivity index (χ4v) is 3.35. The fourth-order valence-electron chi connectivity index (χ4n) is 3.35. The van der Waals surface area contributed by atoms with Crippen molar-refractivity contribution in [1.82, 2.24) is 0 Å². The lowest BCUT2D eigenvalue weighted by atomic mass is 9.78. The molecule has 2 nitrogen and oxygen atoms in total. The number of hydrogen-bond donors (Lipinski definition) is 0. The lowest BCUT2D eigenvalue weighted by molar-refractivity contribution is 0.00578. The van der Waals surface area contributed by atoms with Crippen LogP contribution in [0.3, 0.4) is 0 Å². The molecule has 0 radical (unpaired) electrons. The maximum Gasteiger partial charge on any atom is 0.494 e. The standard InChI is InChI=1S/C24H25BO2/c1-23(2)24(3,4)27-25(26-23)22-15-9-14-21(17-22)20-13-8-12-19(16-20)18-10-6-5-7-11-18/h5-17H,1-4H3. The lowest BCUT2D eigenvalue weighted by Crippen LogP contribution is -2.41. The summed E-state index contributed by atoms with van der Waals surface area (Å²) in [5.74, 6) is 0. The van der Waals surface area contributed by atoms with Crippen LogP contribution in [-0.4, -0.2) is 18.3 Å². The summed E-state index contributed by atoms with van der Waals surface area (Å²) in [5, 5.41) is 0. The van der Waals surface area contributed by atoms with Gasteiger partial charge in [0, 0.05) is 0 Å². The van der Waals surface area contributed by atoms with Gasteiger partial charge in [-0.3, -0.25) is 0 Å². The molecule has 0 aliphatic carbocycles. The quantitative estimate of drug-likeness (QED) is 0.592. The molecule has 0 unspecified atom stereocenters. The topological polar surface area (TPSA) is 18.5 Å². The SMILES string of the molecule is CC1(C)OB(c2cccc(-c3cccc(-c4ccccc4)c3)c2)OC1(C)C. The predicted octanol–water partition coefficient (Wildman–Crippen LogP) is 5.32. The van der Waals surface area contributed by atoms with Crippen molar-refractivity contribution < 1.29 is 9.31 Å². The van der Waals surface area contributed by atoms with Gasteiger partial charge in [-0.2, -0.15) is 0 Å². The van der Waals surface area contributed by atoms with Crippen LogP contribution in [0, 0.1) is 0 Å². The normalized spacial score (nSPS) is 17.9. The molecule has 3 heteroatoms. The van der Waals surface area contributed by atoms with Gasteiger partial charge in [-0.1, -0.05) is 72.8 Å². The Kier molecular flexibility index (Phi) is 4.45. The minimum absolute atomic E-state index is 0.332. The van der Waals surface area contributed by atoms with Crippen molar-refractivity contribution in [3.8, 4) is 22.3 Å². The summed E-state index contributed by atoms with van der Waals surface area (Å²) in [5.41, 5.74) is 5.18. The van der Waals surface area contributed by atoms with E-state index in [2.05, 4.69) is 100 Å². The second-order valence-electron chi connectivity index (χ2n) is 8.16. The highest BCUT2D eigenvalue weighted by molar-refractivity contribution is 6.62. The summed E-state index contributed by atoms with van der Waals surface area (Å²) < 4.78 is 12.4. The molecule has 0 atom stereocenters. The average molecular weight is 356 g/mol. The monoisotopic (exact) mass is 356 g/mol. The predicted molar refractivity (Wildman–Crippen MR) is 113 cm³/mol. The first-order valence-electron chi connectivity index (χ1n) is 9.47. The highest BCUT2D eigenvalue weighted by Gasteiger charge is 2.51. The Labute approximate surface area is 162 Å². The fraction of sp³-hybridized carbons (Fsp3) is 0.250. The van der Waals surface area contributed by atoms with E-state index in [1.54, 1.807) is 0 Å². The second-order valence-corrected chi connectivity index (χ2v) is 8.16. The van der Waals surface area contributed by atoms with Crippen LogP contribution in [0.5, 0.6) is 0 Å². The summed E-state index contributed by atoms with van der Waals surface area (Å²) in [4.78, 5) is 0. The summed E-state index contributed by atoms with van der Waals surface area (Å²) >= 11 is 0. The molecule has 4 rings (SSSR count). The van der Waals surface area contributed by atoms with Crippen LogP contribution in [0.25, 0.3) is 22.3 Å². The molecule has 0 spiro atoms. The second kappa shape index (κ2) is 6.67. The van der Waals surface area contributed by atoms with Crippen LogP contribution in [0.2, 0.25) is 0 Å². The average Bonchev–Trinajstić information content (AvgIpc) is 2.90. The van der Waals surface area contributed by atoms with Crippen molar-refractivity contribution in [3.05, 3.63) is 78.9 Å². The summed E-state index contributed by atoms with van der Waals surface area (Å²) in [6, 6.07) is 27.6. The Morgan fingerprint density at radius 3 is 1.67 bits per heavy atom. The van der Waals surface area contributed by atoms with Crippen LogP contribution in [0.1, 0.15) is 27.7 Å². The maximum atomic E-state index is 6.21. The van der Waals surface area contributed by atoms with Crippen molar-refractivity contribution in [2.75, 3.05) is 0 Å². The first-order chi connectivity index (χ1) is 12.9. The van der Waals surface area contributed by atoms with Gasteiger partial charge in [-0.05, 0) is 61.5 Å². The van der Waals surface area contributed by atoms with Crippen LogP contribution >= 0.6 is 0 Å². The van der Waals surface area contributed by atoms with Crippen molar-refractivity contribution >= 4 is 12.6 Å². The van der Waals surface area contributed by atoms with E-state index in [1.165, 1.54) is 22.3 Å². The van der Waals surface area contributed by atoms with Gasteiger partial charge in [-0.25, -0.2) is 0 Å². The van der Waals surface area contributed by atoms with Gasteiger partial charge >= 0.3 is 7.12 Å². The molecular formula is C24H25BO2. The molecule has 27 heavy (non-hydrogen) atoms. The van der Waals surface area contributed by atoms with E-state index < -0.39 is 0 Å². The molecule has 136 valence electrons. The third kappa shape index (κ3) is 3.45. The Hall–Kier alpha value is -2.36. The number of benzene rings is 3. The van der Waals surface area contributed by atoms with E-state index in [9.17, 15) is 0 Å². The van der Waals surface area contributed by atoms with Crippen molar-refractivity contribution in [3.63, 3.8) is 0 Å². The molecule has 0 saturated carbocycles. The smallest absolute Gasteiger partial charge is 0.399 e. The minimum Gasteiger partial charge on any atom is -0.399 e. The molecule has 0 bridgehead atoms. The van der Waals surface area contributed by atoms with Crippen LogP contribution in [-0.2, 0) is 9.31 Å². The lowest BCUT2D eigenvalue weighted by Gasteiger charge is -2.32. The zero-order valence-corrected chi connectivity index (χ0v) is 16.4. The van der Waals surface area contributed by atoms with E-state index in [-0.39, 0.29) is 18.3 Å². The first-order valence-corrected chi connectivity index (χ1v) is 9.47. The number of rotatable bonds is 3. The van der Waals surface area contributed by atoms with E-state index in [0.29, 0.717) is 0 Å². The molecule has 1 heterocycles. The van der Waals surface area contributed by atoms with Gasteiger partial charge in [0.25, 0.3) is 0 Å². The highest BCUT2D eigenvalue weighted by Crippen LogP contribution is 2.36. The maximum absolute atomic E-state index is 6.21. The van der Waals surface area contributed by atoms with Crippen LogP contribution < -0.4 is 5.46 Å². The van der Waals surface area contributed by atoms with Crippen LogP contribution in [0.4, 0.5) is 0 Å². The Balaban J connectivity index is 1.66. The van der Waals surface area contributed by atoms with Crippen molar-refractivity contribution in [2.24, 2.45) is 0 Å². The van der Waals surface area contributed by atoms with Crippen LogP contribution in [0.15, 0.2) is 78.9 Å². The molecule has 1 aliphatic heterocycles.